The highest BCUT2D eigenvalue weighted by Gasteiger charge is 2.33. The predicted octanol–water partition coefficient (Wildman–Crippen LogP) is 5.23. The summed E-state index contributed by atoms with van der Waals surface area (Å²) in [5, 5.41) is 10.3. The zero-order chi connectivity index (χ0) is 23.4. The van der Waals surface area contributed by atoms with E-state index in [2.05, 4.69) is 20.7 Å². The highest BCUT2D eigenvalue weighted by Crippen LogP contribution is 2.30. The van der Waals surface area contributed by atoms with Crippen molar-refractivity contribution >= 4 is 17.7 Å². The van der Waals surface area contributed by atoms with Crippen LogP contribution in [0.4, 0.5) is 32.2 Å². The lowest BCUT2D eigenvalue weighted by atomic mass is 9.89. The fraction of sp³-hybridized carbons (Fsp3) is 0.450. The maximum Gasteiger partial charge on any atom is 0.432 e. The van der Waals surface area contributed by atoms with Crippen molar-refractivity contribution in [2.75, 3.05) is 11.9 Å². The van der Waals surface area contributed by atoms with Gasteiger partial charge in [-0.3, -0.25) is 20.2 Å². The Kier molecular flexibility index (Phi) is 7.09. The van der Waals surface area contributed by atoms with E-state index in [1.54, 1.807) is 0 Å². The molecule has 1 amide bonds. The van der Waals surface area contributed by atoms with Gasteiger partial charge >= 0.3 is 12.4 Å². The molecule has 0 radical (unpaired) electrons. The summed E-state index contributed by atoms with van der Waals surface area (Å²) < 4.78 is 76.5. The molecule has 1 aliphatic rings. The van der Waals surface area contributed by atoms with Crippen LogP contribution in [0.2, 0.25) is 0 Å². The van der Waals surface area contributed by atoms with Gasteiger partial charge in [-0.15, -0.1) is 0 Å². The molecule has 6 nitrogen and oxygen atoms in total. The summed E-state index contributed by atoms with van der Waals surface area (Å²) in [7, 11) is 0. The normalized spacial score (nSPS) is 16.1. The second-order valence-corrected chi connectivity index (χ2v) is 7.51. The molecule has 2 aromatic rings. The first-order valence-corrected chi connectivity index (χ1v) is 9.95. The maximum atomic E-state index is 12.8. The highest BCUT2D eigenvalue weighted by molar-refractivity contribution is 6.09. The van der Waals surface area contributed by atoms with E-state index < -0.39 is 29.5 Å². The average Bonchev–Trinajstić information content (AvgIpc) is 3.21. The van der Waals surface area contributed by atoms with Gasteiger partial charge in [-0.05, 0) is 43.0 Å². The molecule has 1 heterocycles. The van der Waals surface area contributed by atoms with Gasteiger partial charge in [-0.25, -0.2) is 0 Å². The molecule has 12 heteroatoms. The number of nitrogens with one attached hydrogen (secondary N) is 3. The van der Waals surface area contributed by atoms with Gasteiger partial charge < -0.3 is 5.32 Å². The molecule has 3 N–H and O–H groups in total. The van der Waals surface area contributed by atoms with Gasteiger partial charge in [0.2, 0.25) is 5.96 Å². The van der Waals surface area contributed by atoms with Crippen molar-refractivity contribution in [2.24, 2.45) is 10.9 Å². The van der Waals surface area contributed by atoms with Crippen LogP contribution in [0, 0.1) is 5.92 Å². The fourth-order valence-corrected chi connectivity index (χ4v) is 3.34. The smallest absolute Gasteiger partial charge is 0.309 e. The molecule has 1 aliphatic carbocycles. The van der Waals surface area contributed by atoms with Crippen LogP contribution in [0.15, 0.2) is 35.3 Å². The van der Waals surface area contributed by atoms with Crippen molar-refractivity contribution in [3.63, 3.8) is 0 Å². The summed E-state index contributed by atoms with van der Waals surface area (Å²) in [6, 6.07) is 4.27. The van der Waals surface area contributed by atoms with E-state index in [-0.39, 0.29) is 23.3 Å². The van der Waals surface area contributed by atoms with Crippen molar-refractivity contribution in [3.05, 3.63) is 47.2 Å². The molecule has 1 saturated carbocycles. The predicted molar refractivity (Wildman–Crippen MR) is 105 cm³/mol. The molecular formula is C20H21F6N5O. The third kappa shape index (κ3) is 6.47. The Morgan fingerprint density at radius 2 is 1.69 bits per heavy atom. The lowest BCUT2D eigenvalue weighted by molar-refractivity contribution is -0.141. The third-order valence-corrected chi connectivity index (χ3v) is 5.07. The van der Waals surface area contributed by atoms with Gasteiger partial charge in [-0.2, -0.15) is 31.4 Å². The van der Waals surface area contributed by atoms with Crippen molar-refractivity contribution in [3.8, 4) is 0 Å². The number of guanidine groups is 1. The topological polar surface area (TPSA) is 82.2 Å². The Bertz CT molecular complexity index is 943. The molecule has 1 aromatic carbocycles. The molecule has 3 rings (SSSR count). The van der Waals surface area contributed by atoms with Crippen LogP contribution in [0.5, 0.6) is 0 Å². The minimum Gasteiger partial charge on any atom is -0.309 e. The van der Waals surface area contributed by atoms with E-state index in [1.807, 2.05) is 5.10 Å². The van der Waals surface area contributed by atoms with E-state index in [0.29, 0.717) is 6.54 Å². The molecule has 0 saturated heterocycles. The van der Waals surface area contributed by atoms with Gasteiger partial charge in [0.15, 0.2) is 5.82 Å². The SMILES string of the molecule is O=C(NC(=NCC1CCCCC1)Nc1cc(C(F)(F)F)[nH]n1)c1ccc(C(F)(F)F)cc1. The van der Waals surface area contributed by atoms with Crippen LogP contribution in [0.3, 0.4) is 0 Å². The first-order valence-electron chi connectivity index (χ1n) is 9.95. The molecular weight excluding hydrogens is 440 g/mol. The first kappa shape index (κ1) is 23.6. The van der Waals surface area contributed by atoms with Crippen LogP contribution >= 0.6 is 0 Å². The second-order valence-electron chi connectivity index (χ2n) is 7.51. The van der Waals surface area contributed by atoms with E-state index in [4.69, 9.17) is 0 Å². The molecule has 0 aliphatic heterocycles. The number of amides is 1. The van der Waals surface area contributed by atoms with Crippen molar-refractivity contribution in [1.82, 2.24) is 15.5 Å². The largest absolute Gasteiger partial charge is 0.432 e. The second kappa shape index (κ2) is 9.61. The zero-order valence-electron chi connectivity index (χ0n) is 16.8. The molecule has 1 aromatic heterocycles. The molecule has 0 spiro atoms. The van der Waals surface area contributed by atoms with Crippen LogP contribution in [0.1, 0.15) is 53.7 Å². The monoisotopic (exact) mass is 461 g/mol. The zero-order valence-corrected chi connectivity index (χ0v) is 16.8. The number of alkyl halides is 6. The summed E-state index contributed by atoms with van der Waals surface area (Å²) in [6.07, 6.45) is -4.04. The summed E-state index contributed by atoms with van der Waals surface area (Å²) >= 11 is 0. The maximum absolute atomic E-state index is 12.8. The molecule has 0 bridgehead atoms. The van der Waals surface area contributed by atoms with Gasteiger partial charge in [0, 0.05) is 18.2 Å². The number of nitrogens with zero attached hydrogens (tertiary/aromatic N) is 2. The number of rotatable bonds is 4. The highest BCUT2D eigenvalue weighted by atomic mass is 19.4. The number of carbonyl (C=O) groups is 1. The van der Waals surface area contributed by atoms with Crippen LogP contribution in [-0.4, -0.2) is 28.6 Å². The number of anilines is 1. The van der Waals surface area contributed by atoms with E-state index in [0.717, 1.165) is 62.4 Å². The third-order valence-electron chi connectivity index (χ3n) is 5.07. The number of H-pyrrole nitrogens is 1. The van der Waals surface area contributed by atoms with Crippen molar-refractivity contribution < 1.29 is 31.1 Å². The van der Waals surface area contributed by atoms with E-state index >= 15 is 0 Å². The average molecular weight is 461 g/mol. The number of aliphatic imine (C=N–C) groups is 1. The number of carbonyl (C=O) groups excluding carboxylic acids is 1. The van der Waals surface area contributed by atoms with Gasteiger partial charge in [0.05, 0.1) is 5.56 Å². The van der Waals surface area contributed by atoms with E-state index in [1.165, 1.54) is 0 Å². The molecule has 0 atom stereocenters. The summed E-state index contributed by atoms with van der Waals surface area (Å²) in [4.78, 5) is 16.8. The van der Waals surface area contributed by atoms with Crippen LogP contribution in [0.25, 0.3) is 0 Å². The fourth-order valence-electron chi connectivity index (χ4n) is 3.34. The van der Waals surface area contributed by atoms with Crippen LogP contribution < -0.4 is 10.6 Å². The first-order chi connectivity index (χ1) is 15.0. The number of aromatic amines is 1. The summed E-state index contributed by atoms with van der Waals surface area (Å²) in [6.45, 7) is 0.339. The quantitative estimate of drug-likeness (QED) is 0.332. The standard InChI is InChI=1S/C20H21F6N5O/c21-19(22,23)14-8-6-13(7-9-14)17(32)29-18(27-11-12-4-2-1-3-5-12)28-16-10-15(30-31-16)20(24,25)26/h6-10,12H,1-5,11H2,(H3,27,28,29,30,31,32). The number of hydrogen-bond donors (Lipinski definition) is 3. The lowest BCUT2D eigenvalue weighted by Crippen LogP contribution is -2.36. The number of halogens is 6. The van der Waals surface area contributed by atoms with Crippen molar-refractivity contribution in [1.29, 1.82) is 0 Å². The Morgan fingerprint density at radius 1 is 1.03 bits per heavy atom. The molecule has 174 valence electrons. The Labute approximate surface area is 179 Å². The van der Waals surface area contributed by atoms with Gasteiger partial charge in [0.25, 0.3) is 5.91 Å². The lowest BCUT2D eigenvalue weighted by Gasteiger charge is -2.20. The van der Waals surface area contributed by atoms with Crippen molar-refractivity contribution in [2.45, 2.75) is 44.5 Å². The number of hydrogen-bond acceptors (Lipinski definition) is 3. The Balaban J connectivity index is 1.75. The van der Waals surface area contributed by atoms with Crippen LogP contribution in [-0.2, 0) is 12.4 Å². The van der Waals surface area contributed by atoms with Gasteiger partial charge in [0.1, 0.15) is 5.69 Å². The number of aromatic nitrogens is 2. The minimum absolute atomic E-state index is 0.0665. The molecule has 32 heavy (non-hydrogen) atoms. The summed E-state index contributed by atoms with van der Waals surface area (Å²) in [5.41, 5.74) is -2.06. The Hall–Kier alpha value is -3.05. The summed E-state index contributed by atoms with van der Waals surface area (Å²) in [5.74, 6) is -0.846. The number of benzene rings is 1. The minimum atomic E-state index is -4.63. The molecule has 0 unspecified atom stereocenters. The Morgan fingerprint density at radius 3 is 2.25 bits per heavy atom. The van der Waals surface area contributed by atoms with Gasteiger partial charge in [-0.1, -0.05) is 19.3 Å². The molecule has 1 fully saturated rings. The van der Waals surface area contributed by atoms with E-state index in [9.17, 15) is 31.1 Å².